The normalized spacial score (nSPS) is 11.9. The minimum Gasteiger partial charge on any atom is -0.468 e. The van der Waals surface area contributed by atoms with Crippen molar-refractivity contribution in [1.29, 1.82) is 0 Å². The van der Waals surface area contributed by atoms with Crippen molar-refractivity contribution in [2.75, 3.05) is 7.11 Å². The van der Waals surface area contributed by atoms with Crippen LogP contribution in [0.25, 0.3) is 22.6 Å². The number of hydrogen-bond donors (Lipinski definition) is 0. The van der Waals surface area contributed by atoms with Crippen LogP contribution in [0, 0.1) is 0 Å². The standard InChI is InChI=1S/C19H17NO3S/c1-13(18(21)22-2)24-19-20-16(14-9-5-3-6-10-14)17(23-19)15-11-7-4-8-12-15/h3-13H,1-2H3/t13-/m1/s1. The summed E-state index contributed by atoms with van der Waals surface area (Å²) >= 11 is 1.25. The first-order valence-electron chi connectivity index (χ1n) is 7.55. The van der Waals surface area contributed by atoms with Crippen LogP contribution in [0.15, 0.2) is 70.3 Å². The highest BCUT2D eigenvalue weighted by atomic mass is 32.2. The summed E-state index contributed by atoms with van der Waals surface area (Å²) in [6.45, 7) is 1.77. The van der Waals surface area contributed by atoms with Gasteiger partial charge in [-0.1, -0.05) is 72.4 Å². The molecule has 0 aliphatic rings. The summed E-state index contributed by atoms with van der Waals surface area (Å²) in [7, 11) is 1.37. The van der Waals surface area contributed by atoms with Crippen LogP contribution in [-0.2, 0) is 9.53 Å². The third-order valence-corrected chi connectivity index (χ3v) is 4.42. The Hall–Kier alpha value is -2.53. The minimum absolute atomic E-state index is 0.305. The maximum absolute atomic E-state index is 11.6. The van der Waals surface area contributed by atoms with Crippen LogP contribution in [0.5, 0.6) is 0 Å². The summed E-state index contributed by atoms with van der Waals surface area (Å²) in [5.41, 5.74) is 2.68. The quantitative estimate of drug-likeness (QED) is 0.500. The zero-order valence-electron chi connectivity index (χ0n) is 13.4. The largest absolute Gasteiger partial charge is 0.468 e. The lowest BCUT2D eigenvalue weighted by atomic mass is 10.1. The first kappa shape index (κ1) is 16.3. The van der Waals surface area contributed by atoms with E-state index in [0.29, 0.717) is 11.0 Å². The van der Waals surface area contributed by atoms with Crippen LogP contribution in [0.4, 0.5) is 0 Å². The Kier molecular flexibility index (Phi) is 5.01. The Labute approximate surface area is 144 Å². The molecule has 0 aliphatic carbocycles. The van der Waals surface area contributed by atoms with Crippen LogP contribution >= 0.6 is 11.8 Å². The number of carbonyl (C=O) groups excluding carboxylic acids is 1. The molecule has 1 heterocycles. The Morgan fingerprint density at radius 3 is 2.21 bits per heavy atom. The van der Waals surface area contributed by atoms with Gasteiger partial charge in [-0.05, 0) is 6.92 Å². The molecule has 0 amide bonds. The average molecular weight is 339 g/mol. The van der Waals surface area contributed by atoms with E-state index < -0.39 is 0 Å². The number of oxazole rings is 1. The summed E-state index contributed by atoms with van der Waals surface area (Å²) < 4.78 is 10.7. The van der Waals surface area contributed by atoms with Gasteiger partial charge in [-0.2, -0.15) is 0 Å². The molecule has 4 nitrogen and oxygen atoms in total. The number of benzene rings is 2. The lowest BCUT2D eigenvalue weighted by molar-refractivity contribution is -0.139. The molecule has 0 bridgehead atoms. The van der Waals surface area contributed by atoms with E-state index in [1.165, 1.54) is 18.9 Å². The van der Waals surface area contributed by atoms with E-state index in [1.54, 1.807) is 6.92 Å². The molecule has 24 heavy (non-hydrogen) atoms. The zero-order chi connectivity index (χ0) is 16.9. The SMILES string of the molecule is COC(=O)[C@@H](C)Sc1nc(-c2ccccc2)c(-c2ccccc2)o1. The minimum atomic E-state index is -0.388. The molecule has 0 spiro atoms. The van der Waals surface area contributed by atoms with Crippen molar-refractivity contribution in [3.8, 4) is 22.6 Å². The van der Waals surface area contributed by atoms with Crippen molar-refractivity contribution in [2.24, 2.45) is 0 Å². The van der Waals surface area contributed by atoms with Gasteiger partial charge in [0.2, 0.25) is 0 Å². The molecule has 0 unspecified atom stereocenters. The zero-order valence-corrected chi connectivity index (χ0v) is 14.2. The van der Waals surface area contributed by atoms with Gasteiger partial charge in [-0.15, -0.1) is 0 Å². The molecule has 1 atom stereocenters. The summed E-state index contributed by atoms with van der Waals surface area (Å²) in [6, 6.07) is 19.7. The van der Waals surface area contributed by atoms with Gasteiger partial charge in [0.15, 0.2) is 5.76 Å². The first-order valence-corrected chi connectivity index (χ1v) is 8.43. The van der Waals surface area contributed by atoms with Crippen LogP contribution in [0.3, 0.4) is 0 Å². The Morgan fingerprint density at radius 1 is 1.04 bits per heavy atom. The van der Waals surface area contributed by atoms with Crippen LogP contribution in [0.2, 0.25) is 0 Å². The molecule has 122 valence electrons. The maximum Gasteiger partial charge on any atom is 0.319 e. The molecule has 0 radical (unpaired) electrons. The Bertz CT molecular complexity index is 758. The van der Waals surface area contributed by atoms with Crippen molar-refractivity contribution in [3.63, 3.8) is 0 Å². The van der Waals surface area contributed by atoms with Crippen molar-refractivity contribution in [3.05, 3.63) is 60.7 Å². The third kappa shape index (κ3) is 3.51. The van der Waals surface area contributed by atoms with Crippen LogP contribution in [-0.4, -0.2) is 23.3 Å². The number of esters is 1. The fourth-order valence-corrected chi connectivity index (χ4v) is 3.06. The van der Waals surface area contributed by atoms with Gasteiger partial charge in [0.05, 0.1) is 7.11 Å². The number of carbonyl (C=O) groups is 1. The van der Waals surface area contributed by atoms with Crippen molar-refractivity contribution < 1.29 is 13.9 Å². The Morgan fingerprint density at radius 2 is 1.62 bits per heavy atom. The first-order chi connectivity index (χ1) is 11.7. The van der Waals surface area contributed by atoms with Gasteiger partial charge in [0.1, 0.15) is 10.9 Å². The topological polar surface area (TPSA) is 52.3 Å². The summed E-state index contributed by atoms with van der Waals surface area (Å²) in [6.07, 6.45) is 0. The Balaban J connectivity index is 2.02. The fourth-order valence-electron chi connectivity index (χ4n) is 2.29. The molecule has 3 rings (SSSR count). The molecule has 5 heteroatoms. The van der Waals surface area contributed by atoms with Gasteiger partial charge >= 0.3 is 5.97 Å². The molecule has 0 N–H and O–H groups in total. The number of rotatable bonds is 5. The van der Waals surface area contributed by atoms with Crippen LogP contribution in [0.1, 0.15) is 6.92 Å². The second kappa shape index (κ2) is 7.36. The predicted molar refractivity (Wildman–Crippen MR) is 94.7 cm³/mol. The molecule has 0 saturated carbocycles. The summed E-state index contributed by atoms with van der Waals surface area (Å²) in [5, 5.41) is 0.0616. The lowest BCUT2D eigenvalue weighted by Crippen LogP contribution is -2.14. The molecule has 3 aromatic rings. The fraction of sp³-hybridized carbons (Fsp3) is 0.158. The molecule has 0 saturated heterocycles. The highest BCUT2D eigenvalue weighted by Gasteiger charge is 2.22. The monoisotopic (exact) mass is 339 g/mol. The predicted octanol–water partition coefficient (Wildman–Crippen LogP) is 4.66. The molecule has 2 aromatic carbocycles. The van der Waals surface area contributed by atoms with Gasteiger partial charge < -0.3 is 9.15 Å². The van der Waals surface area contributed by atoms with E-state index in [2.05, 4.69) is 4.98 Å². The van der Waals surface area contributed by atoms with Crippen molar-refractivity contribution in [2.45, 2.75) is 17.4 Å². The van der Waals surface area contributed by atoms with E-state index in [-0.39, 0.29) is 11.2 Å². The molecular formula is C19H17NO3S. The van der Waals surface area contributed by atoms with Gasteiger partial charge in [0, 0.05) is 11.1 Å². The van der Waals surface area contributed by atoms with Crippen molar-refractivity contribution >= 4 is 17.7 Å². The van der Waals surface area contributed by atoms with Gasteiger partial charge in [-0.3, -0.25) is 4.79 Å². The molecule has 0 fully saturated rings. The lowest BCUT2D eigenvalue weighted by Gasteiger charge is -2.04. The summed E-state index contributed by atoms with van der Waals surface area (Å²) in [5.74, 6) is 0.391. The van der Waals surface area contributed by atoms with E-state index in [0.717, 1.165) is 16.8 Å². The highest BCUT2D eigenvalue weighted by Crippen LogP contribution is 2.36. The second-order valence-corrected chi connectivity index (χ2v) is 6.46. The summed E-state index contributed by atoms with van der Waals surface area (Å²) in [4.78, 5) is 16.2. The van der Waals surface area contributed by atoms with Crippen molar-refractivity contribution in [1.82, 2.24) is 4.98 Å². The number of methoxy groups -OCH3 is 1. The van der Waals surface area contributed by atoms with Gasteiger partial charge in [0.25, 0.3) is 5.22 Å². The van der Waals surface area contributed by atoms with E-state index >= 15 is 0 Å². The highest BCUT2D eigenvalue weighted by molar-refractivity contribution is 8.00. The number of nitrogens with zero attached hydrogens (tertiary/aromatic N) is 1. The number of aromatic nitrogens is 1. The van der Waals surface area contributed by atoms with E-state index in [4.69, 9.17) is 9.15 Å². The van der Waals surface area contributed by atoms with Crippen LogP contribution < -0.4 is 0 Å². The van der Waals surface area contributed by atoms with E-state index in [9.17, 15) is 4.79 Å². The van der Waals surface area contributed by atoms with E-state index in [1.807, 2.05) is 60.7 Å². The number of thioether (sulfide) groups is 1. The molecule has 1 aromatic heterocycles. The smallest absolute Gasteiger partial charge is 0.319 e. The number of hydrogen-bond acceptors (Lipinski definition) is 5. The number of ether oxygens (including phenoxy) is 1. The third-order valence-electron chi connectivity index (χ3n) is 3.50. The average Bonchev–Trinajstić information content (AvgIpc) is 3.06. The molecular weight excluding hydrogens is 322 g/mol. The maximum atomic E-state index is 11.6. The molecule has 0 aliphatic heterocycles. The second-order valence-electron chi connectivity index (χ2n) is 5.17. The van der Waals surface area contributed by atoms with Gasteiger partial charge in [-0.25, -0.2) is 4.98 Å².